The second-order valence-corrected chi connectivity index (χ2v) is 7.70. The highest BCUT2D eigenvalue weighted by Gasteiger charge is 2.25. The van der Waals surface area contributed by atoms with Crippen LogP contribution < -0.4 is 0 Å². The normalized spacial score (nSPS) is 19.0. The number of carbonyl (C=O) groups excluding carboxylic acids is 1. The first-order valence-electron chi connectivity index (χ1n) is 7.16. The van der Waals surface area contributed by atoms with Gasteiger partial charge in [-0.1, -0.05) is 24.3 Å². The molecular formula is C17H16FNO3S. The predicted molar refractivity (Wildman–Crippen MR) is 84.8 cm³/mol. The maximum atomic E-state index is 12.9. The molecular weight excluding hydrogens is 317 g/mol. The van der Waals surface area contributed by atoms with Crippen LogP contribution in [0.2, 0.25) is 0 Å². The summed E-state index contributed by atoms with van der Waals surface area (Å²) in [7, 11) is -2.89. The molecule has 0 bridgehead atoms. The number of halogens is 1. The van der Waals surface area contributed by atoms with Gasteiger partial charge in [-0.2, -0.15) is 4.36 Å². The number of hydrogen-bond acceptors (Lipinski definition) is 3. The largest absolute Gasteiger partial charge is 0.368 e. The van der Waals surface area contributed by atoms with E-state index in [-0.39, 0.29) is 12.5 Å². The van der Waals surface area contributed by atoms with Crippen LogP contribution in [0.3, 0.4) is 0 Å². The number of nitrogens with zero attached hydrogens (tertiary/aromatic N) is 1. The van der Waals surface area contributed by atoms with E-state index < -0.39 is 21.5 Å². The van der Waals surface area contributed by atoms with Crippen LogP contribution in [-0.2, 0) is 25.9 Å². The molecule has 3 rings (SSSR count). The van der Waals surface area contributed by atoms with Gasteiger partial charge >= 0.3 is 0 Å². The van der Waals surface area contributed by atoms with Crippen molar-refractivity contribution in [3.63, 3.8) is 0 Å². The highest BCUT2D eigenvalue weighted by molar-refractivity contribution is 7.93. The Kier molecular flexibility index (Phi) is 4.28. The van der Waals surface area contributed by atoms with Crippen LogP contribution in [0.15, 0.2) is 57.8 Å². The van der Waals surface area contributed by atoms with E-state index >= 15 is 0 Å². The van der Waals surface area contributed by atoms with Crippen LogP contribution in [-0.4, -0.2) is 16.4 Å². The van der Waals surface area contributed by atoms with Gasteiger partial charge in [0.05, 0.1) is 28.9 Å². The van der Waals surface area contributed by atoms with Gasteiger partial charge in [0.25, 0.3) is 5.91 Å². The van der Waals surface area contributed by atoms with Crippen molar-refractivity contribution < 1.29 is 18.1 Å². The SMILES string of the molecule is CS(=O)(=NC(=O)CC1OCc2ccccc21)c1ccc(F)cc1. The number of fused-ring (bicyclic) bond motifs is 1. The Bertz CT molecular complexity index is 854. The van der Waals surface area contributed by atoms with E-state index in [4.69, 9.17) is 4.74 Å². The number of ether oxygens (including phenoxy) is 1. The molecule has 2 aromatic carbocycles. The lowest BCUT2D eigenvalue weighted by molar-refractivity contribution is -0.120. The van der Waals surface area contributed by atoms with Crippen LogP contribution in [0.1, 0.15) is 23.7 Å². The summed E-state index contributed by atoms with van der Waals surface area (Å²) in [5, 5.41) is 0. The molecule has 0 aromatic heterocycles. The van der Waals surface area contributed by atoms with Crippen molar-refractivity contribution in [2.75, 3.05) is 6.26 Å². The molecule has 4 nitrogen and oxygen atoms in total. The third-order valence-electron chi connectivity index (χ3n) is 3.73. The lowest BCUT2D eigenvalue weighted by Gasteiger charge is -2.09. The molecule has 2 unspecified atom stereocenters. The maximum absolute atomic E-state index is 12.9. The molecule has 2 atom stereocenters. The average Bonchev–Trinajstić information content (AvgIpc) is 2.90. The molecule has 0 N–H and O–H groups in total. The quantitative estimate of drug-likeness (QED) is 0.864. The molecule has 0 radical (unpaired) electrons. The van der Waals surface area contributed by atoms with Crippen LogP contribution in [0.25, 0.3) is 0 Å². The Morgan fingerprint density at radius 1 is 1.26 bits per heavy atom. The topological polar surface area (TPSA) is 55.7 Å². The number of benzene rings is 2. The van der Waals surface area contributed by atoms with E-state index in [9.17, 15) is 13.4 Å². The molecule has 23 heavy (non-hydrogen) atoms. The molecule has 0 saturated carbocycles. The van der Waals surface area contributed by atoms with E-state index in [1.165, 1.54) is 30.5 Å². The van der Waals surface area contributed by atoms with Gasteiger partial charge in [-0.25, -0.2) is 8.60 Å². The Balaban J connectivity index is 1.79. The molecule has 0 aliphatic carbocycles. The molecule has 0 fully saturated rings. The van der Waals surface area contributed by atoms with E-state index in [0.717, 1.165) is 11.1 Å². The molecule has 120 valence electrons. The lowest BCUT2D eigenvalue weighted by atomic mass is 10.0. The van der Waals surface area contributed by atoms with Crippen LogP contribution >= 0.6 is 0 Å². The Hall–Kier alpha value is -2.05. The van der Waals surface area contributed by atoms with Crippen molar-refractivity contribution in [1.82, 2.24) is 0 Å². The number of carbonyl (C=O) groups is 1. The van der Waals surface area contributed by atoms with Crippen molar-refractivity contribution in [3.05, 3.63) is 65.5 Å². The monoisotopic (exact) mass is 333 g/mol. The van der Waals surface area contributed by atoms with Gasteiger partial charge in [-0.05, 0) is 35.4 Å². The molecule has 0 saturated heterocycles. The van der Waals surface area contributed by atoms with Crippen molar-refractivity contribution in [3.8, 4) is 0 Å². The van der Waals surface area contributed by atoms with Gasteiger partial charge in [0, 0.05) is 11.2 Å². The summed E-state index contributed by atoms with van der Waals surface area (Å²) in [6.45, 7) is 0.466. The van der Waals surface area contributed by atoms with Gasteiger partial charge in [0.1, 0.15) is 5.82 Å². The lowest BCUT2D eigenvalue weighted by Crippen LogP contribution is -2.08. The van der Waals surface area contributed by atoms with Crippen molar-refractivity contribution in [1.29, 1.82) is 0 Å². The molecule has 0 spiro atoms. The van der Waals surface area contributed by atoms with Crippen LogP contribution in [0, 0.1) is 5.82 Å². The zero-order valence-electron chi connectivity index (χ0n) is 12.6. The third-order valence-corrected chi connectivity index (χ3v) is 5.43. The summed E-state index contributed by atoms with van der Waals surface area (Å²) in [5.41, 5.74) is 2.03. The first-order valence-corrected chi connectivity index (χ1v) is 9.08. The smallest absolute Gasteiger partial charge is 0.257 e. The minimum atomic E-state index is -2.89. The summed E-state index contributed by atoms with van der Waals surface area (Å²) >= 11 is 0. The van der Waals surface area contributed by atoms with Gasteiger partial charge in [0.15, 0.2) is 0 Å². The number of rotatable bonds is 3. The van der Waals surface area contributed by atoms with E-state index in [0.29, 0.717) is 11.5 Å². The van der Waals surface area contributed by atoms with E-state index in [1.807, 2.05) is 24.3 Å². The summed E-state index contributed by atoms with van der Waals surface area (Å²) in [6, 6.07) is 12.9. The molecule has 1 heterocycles. The molecule has 6 heteroatoms. The Labute approximate surface area is 134 Å². The zero-order chi connectivity index (χ0) is 16.4. The van der Waals surface area contributed by atoms with Crippen molar-refractivity contribution in [2.24, 2.45) is 4.36 Å². The molecule has 1 aliphatic heterocycles. The summed E-state index contributed by atoms with van der Waals surface area (Å²) < 4.78 is 35.0. The average molecular weight is 333 g/mol. The van der Waals surface area contributed by atoms with Gasteiger partial charge in [-0.15, -0.1) is 0 Å². The summed E-state index contributed by atoms with van der Waals surface area (Å²) in [4.78, 5) is 12.5. The first kappa shape index (κ1) is 15.8. The second kappa shape index (κ2) is 6.22. The maximum Gasteiger partial charge on any atom is 0.257 e. The fourth-order valence-corrected chi connectivity index (χ4v) is 3.77. The van der Waals surface area contributed by atoms with Crippen LogP contribution in [0.5, 0.6) is 0 Å². The van der Waals surface area contributed by atoms with E-state index in [2.05, 4.69) is 4.36 Å². The highest BCUT2D eigenvalue weighted by Crippen LogP contribution is 2.33. The van der Waals surface area contributed by atoms with Crippen molar-refractivity contribution >= 4 is 15.6 Å². The Morgan fingerprint density at radius 2 is 1.96 bits per heavy atom. The molecule has 1 amide bonds. The van der Waals surface area contributed by atoms with Gasteiger partial charge in [0.2, 0.25) is 0 Å². The van der Waals surface area contributed by atoms with Gasteiger partial charge < -0.3 is 4.74 Å². The Morgan fingerprint density at radius 3 is 2.70 bits per heavy atom. The van der Waals surface area contributed by atoms with E-state index in [1.54, 1.807) is 0 Å². The molecule has 2 aromatic rings. The third kappa shape index (κ3) is 3.48. The van der Waals surface area contributed by atoms with Crippen molar-refractivity contribution in [2.45, 2.75) is 24.0 Å². The molecule has 1 aliphatic rings. The minimum absolute atomic E-state index is 0.0447. The summed E-state index contributed by atoms with van der Waals surface area (Å²) in [6.07, 6.45) is 1.07. The standard InChI is InChI=1S/C17H16FNO3S/c1-23(21,14-8-6-13(18)7-9-14)19-17(20)10-16-15-5-3-2-4-12(15)11-22-16/h2-9,16H,10-11H2,1H3. The minimum Gasteiger partial charge on any atom is -0.368 e. The second-order valence-electron chi connectivity index (χ2n) is 5.44. The first-order chi connectivity index (χ1) is 11.0. The fourth-order valence-electron chi connectivity index (χ4n) is 2.56. The zero-order valence-corrected chi connectivity index (χ0v) is 13.4. The fraction of sp³-hybridized carbons (Fsp3) is 0.235. The number of hydrogen-bond donors (Lipinski definition) is 0. The summed E-state index contributed by atoms with van der Waals surface area (Å²) in [5.74, 6) is -0.908. The van der Waals surface area contributed by atoms with Crippen LogP contribution in [0.4, 0.5) is 4.39 Å². The highest BCUT2D eigenvalue weighted by atomic mass is 32.2. The number of amides is 1. The van der Waals surface area contributed by atoms with Gasteiger partial charge in [-0.3, -0.25) is 4.79 Å². The predicted octanol–water partition coefficient (Wildman–Crippen LogP) is 3.47.